The van der Waals surface area contributed by atoms with Gasteiger partial charge in [-0.15, -0.1) is 0 Å². The first-order valence-corrected chi connectivity index (χ1v) is 9.53. The van der Waals surface area contributed by atoms with Gasteiger partial charge in [-0.3, -0.25) is 9.59 Å². The monoisotopic (exact) mass is 372 g/mol. The summed E-state index contributed by atoms with van der Waals surface area (Å²) < 4.78 is 4.80. The van der Waals surface area contributed by atoms with Crippen LogP contribution in [0.5, 0.6) is 0 Å². The Kier molecular flexibility index (Phi) is 4.72. The Balaban J connectivity index is 1.51. The zero-order valence-corrected chi connectivity index (χ0v) is 15.5. The highest BCUT2D eigenvalue weighted by Crippen LogP contribution is 2.33. The third-order valence-electron chi connectivity index (χ3n) is 5.75. The molecule has 3 fully saturated rings. The smallest absolute Gasteiger partial charge is 0.332 e. The summed E-state index contributed by atoms with van der Waals surface area (Å²) in [4.78, 5) is 46.9. The predicted octanol–water partition coefficient (Wildman–Crippen LogP) is 1.79. The zero-order chi connectivity index (χ0) is 19.0. The second-order valence-electron chi connectivity index (χ2n) is 7.33. The van der Waals surface area contributed by atoms with Gasteiger partial charge in [0.25, 0.3) is 5.91 Å². The second-order valence-corrected chi connectivity index (χ2v) is 7.33. The van der Waals surface area contributed by atoms with E-state index in [4.69, 9.17) is 4.74 Å². The highest BCUT2D eigenvalue weighted by Gasteiger charge is 2.49. The van der Waals surface area contributed by atoms with Crippen LogP contribution in [0.2, 0.25) is 0 Å². The first-order valence-electron chi connectivity index (χ1n) is 9.53. The van der Waals surface area contributed by atoms with E-state index in [0.717, 1.165) is 31.7 Å². The lowest BCUT2D eigenvalue weighted by atomic mass is 9.91. The van der Waals surface area contributed by atoms with E-state index in [9.17, 15) is 14.4 Å². The fourth-order valence-corrected chi connectivity index (χ4v) is 4.24. The molecule has 3 saturated heterocycles. The summed E-state index contributed by atoms with van der Waals surface area (Å²) in [6.45, 7) is 2.35. The quantitative estimate of drug-likeness (QED) is 0.594. The number of ether oxygens (including phenoxy) is 1. The van der Waals surface area contributed by atoms with E-state index in [1.165, 1.54) is 18.4 Å². The zero-order valence-electron chi connectivity index (χ0n) is 15.5. The molecule has 0 N–H and O–H groups in total. The number of pyridine rings is 1. The van der Waals surface area contributed by atoms with Crippen molar-refractivity contribution >= 4 is 29.4 Å². The fourth-order valence-electron chi connectivity index (χ4n) is 4.24. The number of aromatic nitrogens is 1. The number of hydrogen-bond donors (Lipinski definition) is 0. The second kappa shape index (κ2) is 7.17. The Bertz CT molecular complexity index is 745. The van der Waals surface area contributed by atoms with Crippen molar-refractivity contribution in [2.45, 2.75) is 38.1 Å². The van der Waals surface area contributed by atoms with Gasteiger partial charge in [-0.25, -0.2) is 14.7 Å². The lowest BCUT2D eigenvalue weighted by Gasteiger charge is -2.30. The van der Waals surface area contributed by atoms with E-state index in [-0.39, 0.29) is 23.8 Å². The maximum Gasteiger partial charge on any atom is 0.332 e. The van der Waals surface area contributed by atoms with Crippen molar-refractivity contribution in [3.05, 3.63) is 18.3 Å². The number of esters is 1. The number of hydrogen-bond acceptors (Lipinski definition) is 6. The summed E-state index contributed by atoms with van der Waals surface area (Å²) in [5.41, 5.74) is 0.481. The molecule has 1 aromatic heterocycles. The predicted molar refractivity (Wildman–Crippen MR) is 98.4 cm³/mol. The van der Waals surface area contributed by atoms with E-state index in [1.807, 2.05) is 6.07 Å². The minimum absolute atomic E-state index is 0.291. The fraction of sp³-hybridized carbons (Fsp3) is 0.579. The molecule has 4 heterocycles. The average molecular weight is 372 g/mol. The van der Waals surface area contributed by atoms with Crippen LogP contribution in [0.25, 0.3) is 0 Å². The third kappa shape index (κ3) is 3.13. The molecule has 8 heteroatoms. The first kappa shape index (κ1) is 17.8. The van der Waals surface area contributed by atoms with E-state index < -0.39 is 6.04 Å². The van der Waals surface area contributed by atoms with Gasteiger partial charge in [0.1, 0.15) is 11.9 Å². The lowest BCUT2D eigenvalue weighted by molar-refractivity contribution is -0.147. The number of nitrogens with zero attached hydrogens (tertiary/aromatic N) is 4. The van der Waals surface area contributed by atoms with Gasteiger partial charge in [-0.05, 0) is 44.2 Å². The van der Waals surface area contributed by atoms with Gasteiger partial charge >= 0.3 is 12.0 Å². The number of urea groups is 1. The third-order valence-corrected chi connectivity index (χ3v) is 5.75. The Hall–Kier alpha value is -2.64. The number of amides is 3. The van der Waals surface area contributed by atoms with Crippen molar-refractivity contribution in [3.63, 3.8) is 0 Å². The van der Waals surface area contributed by atoms with Crippen LogP contribution < -0.4 is 9.80 Å². The molecule has 1 aromatic rings. The molecule has 8 nitrogen and oxygen atoms in total. The SMILES string of the molecule is COC(=O)C1CCN2C(=O)N(c3ccc(N4CCCCC4)nc3)C(=O)C2C1. The van der Waals surface area contributed by atoms with Crippen LogP contribution in [0.15, 0.2) is 18.3 Å². The number of anilines is 2. The van der Waals surface area contributed by atoms with Crippen molar-refractivity contribution in [1.29, 1.82) is 0 Å². The lowest BCUT2D eigenvalue weighted by Crippen LogP contribution is -2.44. The van der Waals surface area contributed by atoms with Gasteiger partial charge in [-0.1, -0.05) is 0 Å². The molecule has 0 saturated carbocycles. The minimum Gasteiger partial charge on any atom is -0.469 e. The molecule has 0 bridgehead atoms. The van der Waals surface area contributed by atoms with Crippen LogP contribution in [-0.2, 0) is 14.3 Å². The van der Waals surface area contributed by atoms with E-state index in [1.54, 1.807) is 17.2 Å². The van der Waals surface area contributed by atoms with Gasteiger partial charge in [0.05, 0.1) is 24.9 Å². The van der Waals surface area contributed by atoms with Crippen molar-refractivity contribution in [2.75, 3.05) is 36.5 Å². The maximum atomic E-state index is 12.9. The Morgan fingerprint density at radius 3 is 2.59 bits per heavy atom. The normalized spacial score (nSPS) is 25.6. The van der Waals surface area contributed by atoms with Crippen LogP contribution in [0.3, 0.4) is 0 Å². The molecule has 27 heavy (non-hydrogen) atoms. The highest BCUT2D eigenvalue weighted by molar-refractivity contribution is 6.21. The summed E-state index contributed by atoms with van der Waals surface area (Å²) in [7, 11) is 1.35. The highest BCUT2D eigenvalue weighted by atomic mass is 16.5. The molecular weight excluding hydrogens is 348 g/mol. The summed E-state index contributed by atoms with van der Waals surface area (Å²) in [5.74, 6) is -0.0735. The molecule has 144 valence electrons. The number of carbonyl (C=O) groups is 3. The van der Waals surface area contributed by atoms with Gasteiger partial charge in [0.15, 0.2) is 0 Å². The summed E-state index contributed by atoms with van der Waals surface area (Å²) in [5, 5.41) is 0. The molecule has 2 unspecified atom stereocenters. The average Bonchev–Trinajstić information content (AvgIpc) is 2.98. The number of rotatable bonds is 3. The molecule has 4 rings (SSSR count). The van der Waals surface area contributed by atoms with E-state index in [0.29, 0.717) is 25.1 Å². The minimum atomic E-state index is -0.600. The number of carbonyl (C=O) groups excluding carboxylic acids is 3. The number of imide groups is 1. The van der Waals surface area contributed by atoms with Crippen molar-refractivity contribution in [2.24, 2.45) is 5.92 Å². The molecular formula is C19H24N4O4. The van der Waals surface area contributed by atoms with Crippen molar-refractivity contribution in [3.8, 4) is 0 Å². The number of fused-ring (bicyclic) bond motifs is 1. The molecule has 0 spiro atoms. The number of piperidine rings is 2. The molecule has 3 aliphatic rings. The Morgan fingerprint density at radius 1 is 1.15 bits per heavy atom. The molecule has 3 aliphatic heterocycles. The van der Waals surface area contributed by atoms with E-state index >= 15 is 0 Å². The Labute approximate surface area is 158 Å². The van der Waals surface area contributed by atoms with Crippen LogP contribution in [0, 0.1) is 5.92 Å². The van der Waals surface area contributed by atoms with Crippen LogP contribution in [-0.4, -0.2) is 60.6 Å². The van der Waals surface area contributed by atoms with E-state index in [2.05, 4.69) is 9.88 Å². The Morgan fingerprint density at radius 2 is 1.93 bits per heavy atom. The number of methoxy groups -OCH3 is 1. The first-order chi connectivity index (χ1) is 13.1. The standard InChI is InChI=1S/C19H24N4O4/c1-27-18(25)13-7-10-22-15(11-13)17(24)23(19(22)26)14-5-6-16(20-12-14)21-8-3-2-4-9-21/h5-6,12-13,15H,2-4,7-11H2,1H3. The molecule has 0 radical (unpaired) electrons. The summed E-state index contributed by atoms with van der Waals surface area (Å²) >= 11 is 0. The van der Waals surface area contributed by atoms with Crippen molar-refractivity contribution < 1.29 is 19.1 Å². The van der Waals surface area contributed by atoms with Crippen molar-refractivity contribution in [1.82, 2.24) is 9.88 Å². The van der Waals surface area contributed by atoms with Crippen LogP contribution >= 0.6 is 0 Å². The molecule has 0 aliphatic carbocycles. The molecule has 2 atom stereocenters. The van der Waals surface area contributed by atoms with Crippen LogP contribution in [0.4, 0.5) is 16.3 Å². The van der Waals surface area contributed by atoms with Gasteiger partial charge in [0.2, 0.25) is 0 Å². The summed E-state index contributed by atoms with van der Waals surface area (Å²) in [6, 6.07) is 2.72. The molecule has 0 aromatic carbocycles. The van der Waals surface area contributed by atoms with Gasteiger partial charge in [0, 0.05) is 19.6 Å². The van der Waals surface area contributed by atoms with Crippen LogP contribution in [0.1, 0.15) is 32.1 Å². The maximum absolute atomic E-state index is 12.9. The largest absolute Gasteiger partial charge is 0.469 e. The van der Waals surface area contributed by atoms with Gasteiger partial charge < -0.3 is 14.5 Å². The van der Waals surface area contributed by atoms with Gasteiger partial charge in [-0.2, -0.15) is 0 Å². The molecule has 3 amide bonds. The summed E-state index contributed by atoms with van der Waals surface area (Å²) in [6.07, 6.45) is 5.98. The topological polar surface area (TPSA) is 83.1 Å².